The normalized spacial score (nSPS) is 18.7. The van der Waals surface area contributed by atoms with Gasteiger partial charge in [0.1, 0.15) is 23.9 Å². The first-order valence-corrected chi connectivity index (χ1v) is 13.6. The fourth-order valence-corrected chi connectivity index (χ4v) is 4.45. The summed E-state index contributed by atoms with van der Waals surface area (Å²) in [6, 6.07) is 3.33. The van der Waals surface area contributed by atoms with Crippen molar-refractivity contribution in [2.45, 2.75) is 84.6 Å². The topological polar surface area (TPSA) is 160 Å². The van der Waals surface area contributed by atoms with Crippen molar-refractivity contribution in [1.82, 2.24) is 26.2 Å². The smallest absolute Gasteiger partial charge is 0.326 e. The number of carbonyl (C=O) groups excluding carboxylic acids is 3. The van der Waals surface area contributed by atoms with Gasteiger partial charge in [-0.3, -0.25) is 19.7 Å². The van der Waals surface area contributed by atoms with Crippen LogP contribution in [-0.2, 0) is 25.6 Å². The molecule has 11 nitrogen and oxygen atoms in total. The van der Waals surface area contributed by atoms with Crippen LogP contribution in [0.5, 0.6) is 5.75 Å². The third-order valence-electron chi connectivity index (χ3n) is 7.12. The van der Waals surface area contributed by atoms with Crippen LogP contribution in [0.4, 0.5) is 0 Å². The molecule has 1 aromatic rings. The maximum absolute atomic E-state index is 13.8. The summed E-state index contributed by atoms with van der Waals surface area (Å²) in [6.45, 7) is 11.5. The fourth-order valence-electron chi connectivity index (χ4n) is 4.45. The van der Waals surface area contributed by atoms with E-state index in [2.05, 4.69) is 21.3 Å². The van der Waals surface area contributed by atoms with E-state index in [0.29, 0.717) is 32.3 Å². The zero-order chi connectivity index (χ0) is 29.2. The number of carbonyl (C=O) groups is 4. The van der Waals surface area contributed by atoms with Crippen LogP contribution in [-0.4, -0.2) is 83.2 Å². The number of carboxylic acids is 1. The molecule has 3 amide bonds. The van der Waals surface area contributed by atoms with Gasteiger partial charge < -0.3 is 31.1 Å². The molecule has 5 atom stereocenters. The lowest BCUT2D eigenvalue weighted by Crippen LogP contribution is -2.64. The number of hydrogen-bond acceptors (Lipinski definition) is 7. The molecule has 1 saturated heterocycles. The summed E-state index contributed by atoms with van der Waals surface area (Å²) in [4.78, 5) is 52.7. The number of rotatable bonds is 14. The Balaban J connectivity index is 2.30. The van der Waals surface area contributed by atoms with E-state index in [4.69, 9.17) is 0 Å². The Labute approximate surface area is 231 Å². The molecular formula is C28H45N5O6. The largest absolute Gasteiger partial charge is 0.508 e. The van der Waals surface area contributed by atoms with Crippen LogP contribution in [0.25, 0.3) is 0 Å². The van der Waals surface area contributed by atoms with Crippen molar-refractivity contribution in [1.29, 1.82) is 0 Å². The number of carboxylic acid groups (broad SMARTS) is 1. The molecule has 0 aliphatic carbocycles. The first-order valence-electron chi connectivity index (χ1n) is 13.6. The van der Waals surface area contributed by atoms with Crippen molar-refractivity contribution in [3.05, 3.63) is 29.8 Å². The van der Waals surface area contributed by atoms with Crippen molar-refractivity contribution in [3.8, 4) is 5.75 Å². The van der Waals surface area contributed by atoms with Gasteiger partial charge >= 0.3 is 5.97 Å². The summed E-state index contributed by atoms with van der Waals surface area (Å²) >= 11 is 0. The molecule has 6 N–H and O–H groups in total. The molecule has 218 valence electrons. The molecule has 0 saturated carbocycles. The van der Waals surface area contributed by atoms with Gasteiger partial charge in [-0.25, -0.2) is 4.79 Å². The number of nitrogens with zero attached hydrogens (tertiary/aromatic N) is 1. The van der Waals surface area contributed by atoms with E-state index in [0.717, 1.165) is 12.1 Å². The van der Waals surface area contributed by atoms with Crippen LogP contribution in [0.1, 0.15) is 59.4 Å². The van der Waals surface area contributed by atoms with E-state index in [1.165, 1.54) is 17.0 Å². The molecule has 0 aromatic heterocycles. The minimum absolute atomic E-state index is 0.0816. The molecule has 0 bridgehead atoms. The lowest BCUT2D eigenvalue weighted by atomic mass is 9.88. The summed E-state index contributed by atoms with van der Waals surface area (Å²) in [5, 5.41) is 31.3. The molecule has 0 spiro atoms. The molecule has 11 heteroatoms. The Kier molecular flexibility index (Phi) is 12.2. The van der Waals surface area contributed by atoms with E-state index in [-0.39, 0.29) is 29.9 Å². The zero-order valence-electron chi connectivity index (χ0n) is 23.7. The summed E-state index contributed by atoms with van der Waals surface area (Å²) in [6.07, 6.45) is 1.76. The summed E-state index contributed by atoms with van der Waals surface area (Å²) in [7, 11) is 0. The third kappa shape index (κ3) is 10.1. The zero-order valence-corrected chi connectivity index (χ0v) is 23.7. The van der Waals surface area contributed by atoms with Crippen molar-refractivity contribution >= 4 is 24.2 Å². The maximum atomic E-state index is 13.8. The molecule has 1 aliphatic rings. The Morgan fingerprint density at radius 1 is 1.13 bits per heavy atom. The average molecular weight is 548 g/mol. The highest BCUT2D eigenvalue weighted by atomic mass is 16.4. The molecule has 1 aliphatic heterocycles. The van der Waals surface area contributed by atoms with Gasteiger partial charge in [0.15, 0.2) is 0 Å². The number of nitrogens with one attached hydrogen (secondary N) is 4. The second kappa shape index (κ2) is 14.8. The SMILES string of the molecule is CC[C@H](C)[C@H](NC(=O)[C@H](Cc1ccc(O)cc1)N(C=O)[C@H]1CNCCN1)C(=O)N[C@@H](CCC(C)(C)C)C(=O)O. The number of amides is 3. The Hall–Kier alpha value is -3.18. The molecule has 1 fully saturated rings. The van der Waals surface area contributed by atoms with Crippen molar-refractivity contribution < 1.29 is 29.4 Å². The Morgan fingerprint density at radius 3 is 2.31 bits per heavy atom. The Morgan fingerprint density at radius 2 is 1.79 bits per heavy atom. The van der Waals surface area contributed by atoms with Crippen LogP contribution in [0, 0.1) is 11.3 Å². The van der Waals surface area contributed by atoms with Gasteiger partial charge in [0.25, 0.3) is 0 Å². The first-order chi connectivity index (χ1) is 18.4. The number of aromatic hydroxyl groups is 1. The number of phenolic OH excluding ortho intramolecular Hbond substituents is 1. The van der Waals surface area contributed by atoms with Gasteiger partial charge in [0.2, 0.25) is 18.2 Å². The quantitative estimate of drug-likeness (QED) is 0.190. The number of phenols is 1. The van der Waals surface area contributed by atoms with Crippen LogP contribution in [0.3, 0.4) is 0 Å². The van der Waals surface area contributed by atoms with Gasteiger partial charge in [-0.15, -0.1) is 0 Å². The van der Waals surface area contributed by atoms with Gasteiger partial charge in [0, 0.05) is 26.1 Å². The highest BCUT2D eigenvalue weighted by molar-refractivity contribution is 5.92. The number of benzene rings is 1. The van der Waals surface area contributed by atoms with E-state index >= 15 is 0 Å². The number of piperazine rings is 1. The second-order valence-electron chi connectivity index (χ2n) is 11.5. The molecular weight excluding hydrogens is 502 g/mol. The number of aliphatic carboxylic acids is 1. The minimum Gasteiger partial charge on any atom is -0.508 e. The second-order valence-corrected chi connectivity index (χ2v) is 11.5. The molecule has 2 rings (SSSR count). The third-order valence-corrected chi connectivity index (χ3v) is 7.12. The van der Waals surface area contributed by atoms with Crippen molar-refractivity contribution in [2.75, 3.05) is 19.6 Å². The summed E-state index contributed by atoms with van der Waals surface area (Å²) < 4.78 is 0. The average Bonchev–Trinajstić information content (AvgIpc) is 2.89. The predicted molar refractivity (Wildman–Crippen MR) is 148 cm³/mol. The van der Waals surface area contributed by atoms with E-state index in [1.54, 1.807) is 12.1 Å². The van der Waals surface area contributed by atoms with Crippen molar-refractivity contribution in [3.63, 3.8) is 0 Å². The minimum atomic E-state index is -1.13. The van der Waals surface area contributed by atoms with Gasteiger partial charge in [-0.2, -0.15) is 0 Å². The van der Waals surface area contributed by atoms with Crippen molar-refractivity contribution in [2.24, 2.45) is 11.3 Å². The van der Waals surface area contributed by atoms with E-state index < -0.39 is 42.1 Å². The molecule has 0 radical (unpaired) electrons. The van der Waals surface area contributed by atoms with Crippen LogP contribution in [0.15, 0.2) is 24.3 Å². The van der Waals surface area contributed by atoms with E-state index in [9.17, 15) is 29.4 Å². The highest BCUT2D eigenvalue weighted by Gasteiger charge is 2.36. The highest BCUT2D eigenvalue weighted by Crippen LogP contribution is 2.22. The fraction of sp³-hybridized carbons (Fsp3) is 0.643. The van der Waals surface area contributed by atoms with Gasteiger partial charge in [0.05, 0.1) is 6.17 Å². The van der Waals surface area contributed by atoms with E-state index in [1.807, 2.05) is 34.6 Å². The molecule has 1 heterocycles. The lowest BCUT2D eigenvalue weighted by Gasteiger charge is -2.38. The van der Waals surface area contributed by atoms with Gasteiger partial charge in [-0.05, 0) is 41.9 Å². The predicted octanol–water partition coefficient (Wildman–Crippen LogP) is 1.21. The molecule has 0 unspecified atom stereocenters. The summed E-state index contributed by atoms with van der Waals surface area (Å²) in [5.41, 5.74) is 0.617. The summed E-state index contributed by atoms with van der Waals surface area (Å²) in [5.74, 6) is -2.44. The standard InChI is InChI=1S/C28H45N5O6/c1-6-18(2)24(26(37)31-21(27(38)39)11-12-28(3,4)5)32-25(36)22(15-19-7-9-20(35)10-8-19)33(17-34)23-16-29-13-14-30-23/h7-10,17-18,21-24,29-30,35H,6,11-16H2,1-5H3,(H,31,37)(H,32,36)(H,38,39)/t18-,21-,22-,23-,24-/m0/s1. The Bertz CT molecular complexity index is 958. The van der Waals surface area contributed by atoms with Crippen LogP contribution in [0.2, 0.25) is 0 Å². The first kappa shape index (κ1) is 32.0. The lowest BCUT2D eigenvalue weighted by molar-refractivity contribution is -0.143. The number of hydrogen-bond donors (Lipinski definition) is 6. The van der Waals surface area contributed by atoms with Crippen LogP contribution >= 0.6 is 0 Å². The maximum Gasteiger partial charge on any atom is 0.326 e. The monoisotopic (exact) mass is 547 g/mol. The molecule has 1 aromatic carbocycles. The molecule has 39 heavy (non-hydrogen) atoms. The van der Waals surface area contributed by atoms with Crippen LogP contribution < -0.4 is 21.3 Å². The van der Waals surface area contributed by atoms with Gasteiger partial charge in [-0.1, -0.05) is 53.2 Å².